The molecule has 1 N–H and O–H groups in total. The molecular formula is C22H34N4O3. The summed E-state index contributed by atoms with van der Waals surface area (Å²) in [5, 5.41) is 7.72. The summed E-state index contributed by atoms with van der Waals surface area (Å²) >= 11 is 0. The van der Waals surface area contributed by atoms with Crippen LogP contribution in [0.3, 0.4) is 0 Å². The van der Waals surface area contributed by atoms with Gasteiger partial charge in [0.15, 0.2) is 5.82 Å². The van der Waals surface area contributed by atoms with Crippen LogP contribution in [-0.4, -0.2) is 53.4 Å². The molecule has 0 aromatic carbocycles. The normalized spacial score (nSPS) is 26.0. The molecule has 0 spiro atoms. The first kappa shape index (κ1) is 19.3. The lowest BCUT2D eigenvalue weighted by molar-refractivity contribution is 0.0778. The molecule has 0 unspecified atom stereocenters. The van der Waals surface area contributed by atoms with E-state index in [-0.39, 0.29) is 11.4 Å². The monoisotopic (exact) mass is 402 g/mol. The van der Waals surface area contributed by atoms with E-state index in [0.717, 1.165) is 88.9 Å². The number of hydrogen-bond donors (Lipinski definition) is 1. The summed E-state index contributed by atoms with van der Waals surface area (Å²) < 4.78 is 11.2. The van der Waals surface area contributed by atoms with Crippen LogP contribution < -0.4 is 5.32 Å². The summed E-state index contributed by atoms with van der Waals surface area (Å²) in [6.07, 6.45) is 12.3. The lowest BCUT2D eigenvalue weighted by Gasteiger charge is -2.40. The van der Waals surface area contributed by atoms with E-state index < -0.39 is 0 Å². The summed E-state index contributed by atoms with van der Waals surface area (Å²) in [6, 6.07) is 0.493. The van der Waals surface area contributed by atoms with Gasteiger partial charge in [0, 0.05) is 43.7 Å². The molecule has 2 aliphatic heterocycles. The highest BCUT2D eigenvalue weighted by molar-refractivity contribution is 5.74. The zero-order valence-electron chi connectivity index (χ0n) is 17.4. The number of amides is 2. The first-order valence-corrected chi connectivity index (χ1v) is 11.7. The van der Waals surface area contributed by atoms with E-state index in [1.165, 1.54) is 25.7 Å². The summed E-state index contributed by atoms with van der Waals surface area (Å²) in [6.45, 7) is 3.13. The van der Waals surface area contributed by atoms with Gasteiger partial charge < -0.3 is 19.5 Å². The minimum absolute atomic E-state index is 0.0295. The van der Waals surface area contributed by atoms with Crippen LogP contribution in [0.15, 0.2) is 4.52 Å². The zero-order chi connectivity index (χ0) is 19.7. The molecule has 5 rings (SSSR count). The van der Waals surface area contributed by atoms with E-state index in [9.17, 15) is 4.79 Å². The van der Waals surface area contributed by atoms with Crippen molar-refractivity contribution in [3.8, 4) is 0 Å². The second-order valence-electron chi connectivity index (χ2n) is 9.69. The minimum atomic E-state index is -0.0295. The quantitative estimate of drug-likeness (QED) is 0.811. The van der Waals surface area contributed by atoms with E-state index in [4.69, 9.17) is 14.2 Å². The third-order valence-electron chi connectivity index (χ3n) is 7.55. The van der Waals surface area contributed by atoms with Crippen LogP contribution in [-0.2, 0) is 10.2 Å². The number of nitrogens with zero attached hydrogens (tertiary/aromatic N) is 3. The number of carbonyl (C=O) groups excluding carboxylic acids is 1. The Morgan fingerprint density at radius 1 is 1.07 bits per heavy atom. The highest BCUT2D eigenvalue weighted by Crippen LogP contribution is 2.47. The summed E-state index contributed by atoms with van der Waals surface area (Å²) in [7, 11) is 0. The molecule has 7 heteroatoms. The number of carbonyl (C=O) groups is 1. The Bertz CT molecular complexity index is 697. The fraction of sp³-hybridized carbons (Fsp3) is 0.864. The van der Waals surface area contributed by atoms with Gasteiger partial charge in [-0.05, 0) is 50.9 Å². The van der Waals surface area contributed by atoms with E-state index in [0.29, 0.717) is 12.0 Å². The SMILES string of the molecule is O=C(NC1CCCC1)N1CCC(CC2CC2)(c2noc(C3CCOCC3)n2)CC1. The van der Waals surface area contributed by atoms with E-state index in [1.807, 2.05) is 4.90 Å². The van der Waals surface area contributed by atoms with Crippen molar-refractivity contribution < 1.29 is 14.1 Å². The molecule has 2 aliphatic carbocycles. The van der Waals surface area contributed by atoms with Gasteiger partial charge in [-0.2, -0.15) is 4.98 Å². The van der Waals surface area contributed by atoms with Gasteiger partial charge in [-0.3, -0.25) is 0 Å². The van der Waals surface area contributed by atoms with E-state index in [1.54, 1.807) is 0 Å². The highest BCUT2D eigenvalue weighted by Gasteiger charge is 2.45. The van der Waals surface area contributed by atoms with Crippen LogP contribution >= 0.6 is 0 Å². The van der Waals surface area contributed by atoms with Crippen molar-refractivity contribution in [2.75, 3.05) is 26.3 Å². The molecule has 29 heavy (non-hydrogen) atoms. The Balaban J connectivity index is 1.26. The van der Waals surface area contributed by atoms with Crippen molar-refractivity contribution in [1.29, 1.82) is 0 Å². The Morgan fingerprint density at radius 2 is 1.79 bits per heavy atom. The third kappa shape index (κ3) is 4.30. The summed E-state index contributed by atoms with van der Waals surface area (Å²) in [4.78, 5) is 19.6. The molecule has 0 bridgehead atoms. The van der Waals surface area contributed by atoms with Crippen LogP contribution in [0.1, 0.15) is 88.3 Å². The van der Waals surface area contributed by atoms with Crippen molar-refractivity contribution >= 4 is 6.03 Å². The number of piperidine rings is 1. The third-order valence-corrected chi connectivity index (χ3v) is 7.55. The number of urea groups is 1. The van der Waals surface area contributed by atoms with E-state index >= 15 is 0 Å². The van der Waals surface area contributed by atoms with Gasteiger partial charge in [-0.15, -0.1) is 0 Å². The Kier molecular flexibility index (Phi) is 5.50. The standard InChI is InChI=1S/C22H34N4O3/c27-21(23-18-3-1-2-4-18)26-11-9-22(10-12-26,15-16-5-6-16)20-24-19(29-25-20)17-7-13-28-14-8-17/h16-18H,1-15H2,(H,23,27). The average Bonchev–Trinajstić information content (AvgIpc) is 3.21. The lowest BCUT2D eigenvalue weighted by atomic mass is 9.73. The van der Waals surface area contributed by atoms with Gasteiger partial charge in [-0.1, -0.05) is 30.8 Å². The Hall–Kier alpha value is -1.63. The van der Waals surface area contributed by atoms with Crippen LogP contribution in [0.5, 0.6) is 0 Å². The minimum Gasteiger partial charge on any atom is -0.381 e. The summed E-state index contributed by atoms with van der Waals surface area (Å²) in [5.41, 5.74) is -0.0295. The Morgan fingerprint density at radius 3 is 2.48 bits per heavy atom. The molecule has 160 valence electrons. The van der Waals surface area contributed by atoms with Crippen LogP contribution in [0, 0.1) is 5.92 Å². The van der Waals surface area contributed by atoms with Gasteiger partial charge in [0.25, 0.3) is 0 Å². The number of rotatable bonds is 5. The highest BCUT2D eigenvalue weighted by atomic mass is 16.5. The van der Waals surface area contributed by atoms with Gasteiger partial charge in [0.2, 0.25) is 5.89 Å². The van der Waals surface area contributed by atoms with Gasteiger partial charge in [0.1, 0.15) is 0 Å². The van der Waals surface area contributed by atoms with Crippen molar-refractivity contribution in [3.63, 3.8) is 0 Å². The van der Waals surface area contributed by atoms with Crippen molar-refractivity contribution in [2.45, 2.75) is 88.0 Å². The average molecular weight is 403 g/mol. The molecule has 2 amide bonds. The summed E-state index contributed by atoms with van der Waals surface area (Å²) in [5.74, 6) is 2.81. The molecule has 4 aliphatic rings. The number of nitrogens with one attached hydrogen (secondary N) is 1. The molecular weight excluding hydrogens is 368 g/mol. The van der Waals surface area contributed by atoms with Crippen LogP contribution in [0.25, 0.3) is 0 Å². The molecule has 2 saturated heterocycles. The number of likely N-dealkylation sites (tertiary alicyclic amines) is 1. The molecule has 4 fully saturated rings. The fourth-order valence-corrected chi connectivity index (χ4v) is 5.43. The fourth-order valence-electron chi connectivity index (χ4n) is 5.43. The second-order valence-corrected chi connectivity index (χ2v) is 9.69. The first-order valence-electron chi connectivity index (χ1n) is 11.7. The lowest BCUT2D eigenvalue weighted by Crippen LogP contribution is -2.51. The van der Waals surface area contributed by atoms with E-state index in [2.05, 4.69) is 10.5 Å². The zero-order valence-corrected chi connectivity index (χ0v) is 17.4. The predicted octanol–water partition coefficient (Wildman–Crippen LogP) is 3.75. The van der Waals surface area contributed by atoms with Gasteiger partial charge in [-0.25, -0.2) is 4.79 Å². The van der Waals surface area contributed by atoms with Crippen molar-refractivity contribution in [1.82, 2.24) is 20.4 Å². The molecule has 2 saturated carbocycles. The van der Waals surface area contributed by atoms with Gasteiger partial charge >= 0.3 is 6.03 Å². The second kappa shape index (κ2) is 8.25. The predicted molar refractivity (Wildman–Crippen MR) is 108 cm³/mol. The van der Waals surface area contributed by atoms with Crippen LogP contribution in [0.4, 0.5) is 4.79 Å². The topological polar surface area (TPSA) is 80.5 Å². The molecule has 1 aromatic rings. The smallest absolute Gasteiger partial charge is 0.317 e. The molecule has 3 heterocycles. The molecule has 1 aromatic heterocycles. The maximum atomic E-state index is 12.7. The Labute approximate surface area is 172 Å². The molecule has 0 radical (unpaired) electrons. The van der Waals surface area contributed by atoms with Crippen molar-refractivity contribution in [3.05, 3.63) is 11.7 Å². The maximum absolute atomic E-state index is 12.7. The molecule has 7 nitrogen and oxygen atoms in total. The van der Waals surface area contributed by atoms with Crippen molar-refractivity contribution in [2.24, 2.45) is 5.92 Å². The van der Waals surface area contributed by atoms with Crippen LogP contribution in [0.2, 0.25) is 0 Å². The number of aromatic nitrogens is 2. The number of hydrogen-bond acceptors (Lipinski definition) is 5. The largest absolute Gasteiger partial charge is 0.381 e. The number of ether oxygens (including phenoxy) is 1. The maximum Gasteiger partial charge on any atom is 0.317 e. The van der Waals surface area contributed by atoms with Gasteiger partial charge in [0.05, 0.1) is 0 Å². The first-order chi connectivity index (χ1) is 14.2. The molecule has 0 atom stereocenters.